The number of carbonyl (C=O) groups is 1. The van der Waals surface area contributed by atoms with E-state index in [2.05, 4.69) is 5.16 Å². The fourth-order valence-electron chi connectivity index (χ4n) is 2.21. The van der Waals surface area contributed by atoms with Gasteiger partial charge < -0.3 is 14.0 Å². The number of thioether (sulfide) groups is 1. The summed E-state index contributed by atoms with van der Waals surface area (Å²) in [7, 11) is 2.98. The van der Waals surface area contributed by atoms with E-state index in [0.29, 0.717) is 12.2 Å². The van der Waals surface area contributed by atoms with Crippen molar-refractivity contribution in [1.82, 2.24) is 5.16 Å². The number of rotatable bonds is 2. The summed E-state index contributed by atoms with van der Waals surface area (Å²) in [5, 5.41) is 3.86. The predicted molar refractivity (Wildman–Crippen MR) is 74.3 cm³/mol. The Morgan fingerprint density at radius 2 is 2.25 bits per heavy atom. The third-order valence-corrected chi connectivity index (χ3v) is 4.27. The van der Waals surface area contributed by atoms with E-state index in [1.54, 1.807) is 18.9 Å². The van der Waals surface area contributed by atoms with Crippen molar-refractivity contribution in [1.29, 1.82) is 0 Å². The van der Waals surface area contributed by atoms with Crippen molar-refractivity contribution >= 4 is 17.7 Å². The maximum Gasteiger partial charge on any atom is 0.360 e. The topological polar surface area (TPSA) is 61.6 Å². The first-order chi connectivity index (χ1) is 9.74. The quantitative estimate of drug-likeness (QED) is 0.793. The number of nitrogens with zero attached hydrogens (tertiary/aromatic N) is 1. The number of hydrogen-bond acceptors (Lipinski definition) is 6. The molecule has 104 valence electrons. The van der Waals surface area contributed by atoms with E-state index in [9.17, 15) is 4.79 Å². The second-order valence-electron chi connectivity index (χ2n) is 4.29. The van der Waals surface area contributed by atoms with Crippen LogP contribution in [0, 0.1) is 0 Å². The van der Waals surface area contributed by atoms with Gasteiger partial charge in [-0.05, 0) is 24.6 Å². The molecule has 0 aliphatic carbocycles. The summed E-state index contributed by atoms with van der Waals surface area (Å²) in [6.07, 6.45) is 0.713. The van der Waals surface area contributed by atoms with Crippen LogP contribution in [0.1, 0.15) is 16.1 Å². The summed E-state index contributed by atoms with van der Waals surface area (Å²) >= 11 is 1.71. The molecule has 0 spiro atoms. The van der Waals surface area contributed by atoms with Gasteiger partial charge in [-0.25, -0.2) is 4.79 Å². The fourth-order valence-corrected chi connectivity index (χ4v) is 3.25. The minimum atomic E-state index is -0.461. The Hall–Kier alpha value is -1.95. The van der Waals surface area contributed by atoms with Crippen LogP contribution in [0.4, 0.5) is 0 Å². The van der Waals surface area contributed by atoms with Gasteiger partial charge in [-0.2, -0.15) is 0 Å². The van der Waals surface area contributed by atoms with E-state index in [1.807, 2.05) is 18.2 Å². The molecule has 0 saturated heterocycles. The van der Waals surface area contributed by atoms with Gasteiger partial charge in [-0.15, -0.1) is 11.8 Å². The van der Waals surface area contributed by atoms with E-state index in [0.717, 1.165) is 27.5 Å². The standard InChI is InChI=1S/C14H13NO4S/c1-17-8-3-4-9-11(7-8)20-6-5-10-12(14(16)18-2)15-19-13(9)10/h3-4,7H,5-6H2,1-2H3. The summed E-state index contributed by atoms with van der Waals surface area (Å²) in [5.41, 5.74) is 2.02. The Balaban J connectivity index is 2.13. The van der Waals surface area contributed by atoms with Crippen LogP contribution in [0.2, 0.25) is 0 Å². The molecule has 0 atom stereocenters. The molecule has 5 nitrogen and oxygen atoms in total. The van der Waals surface area contributed by atoms with Gasteiger partial charge in [0.05, 0.1) is 14.2 Å². The zero-order valence-electron chi connectivity index (χ0n) is 11.1. The molecule has 2 heterocycles. The van der Waals surface area contributed by atoms with Crippen LogP contribution in [-0.2, 0) is 11.2 Å². The molecule has 1 aliphatic heterocycles. The highest BCUT2D eigenvalue weighted by molar-refractivity contribution is 7.99. The normalized spacial score (nSPS) is 13.1. The minimum Gasteiger partial charge on any atom is -0.497 e. The maximum absolute atomic E-state index is 11.7. The monoisotopic (exact) mass is 291 g/mol. The van der Waals surface area contributed by atoms with Gasteiger partial charge in [0.2, 0.25) is 0 Å². The first kappa shape index (κ1) is 13.1. The average molecular weight is 291 g/mol. The van der Waals surface area contributed by atoms with Gasteiger partial charge in [0.1, 0.15) is 5.75 Å². The van der Waals surface area contributed by atoms with Crippen LogP contribution in [0.15, 0.2) is 27.6 Å². The van der Waals surface area contributed by atoms with Crippen molar-refractivity contribution < 1.29 is 18.8 Å². The highest BCUT2D eigenvalue weighted by atomic mass is 32.2. The lowest BCUT2D eigenvalue weighted by Crippen LogP contribution is -2.05. The predicted octanol–water partition coefficient (Wildman–Crippen LogP) is 2.79. The second kappa shape index (κ2) is 5.20. The second-order valence-corrected chi connectivity index (χ2v) is 5.43. The molecule has 20 heavy (non-hydrogen) atoms. The van der Waals surface area contributed by atoms with E-state index in [1.165, 1.54) is 7.11 Å². The Morgan fingerprint density at radius 3 is 3.00 bits per heavy atom. The molecule has 0 unspecified atom stereocenters. The molecule has 1 aromatic carbocycles. The number of methoxy groups -OCH3 is 2. The van der Waals surface area contributed by atoms with Crippen LogP contribution in [0.3, 0.4) is 0 Å². The average Bonchev–Trinajstić information content (AvgIpc) is 2.81. The number of carbonyl (C=O) groups excluding carboxylic acids is 1. The molecule has 1 aliphatic rings. The molecule has 0 amide bonds. The summed E-state index contributed by atoms with van der Waals surface area (Å²) in [6, 6.07) is 5.77. The third kappa shape index (κ3) is 2.06. The molecular weight excluding hydrogens is 278 g/mol. The summed E-state index contributed by atoms with van der Waals surface area (Å²) < 4.78 is 15.4. The van der Waals surface area contributed by atoms with Gasteiger partial charge in [0, 0.05) is 21.8 Å². The summed E-state index contributed by atoms with van der Waals surface area (Å²) in [6.45, 7) is 0. The van der Waals surface area contributed by atoms with Crippen molar-refractivity contribution in [2.75, 3.05) is 20.0 Å². The molecule has 0 bridgehead atoms. The lowest BCUT2D eigenvalue weighted by molar-refractivity contribution is 0.0588. The SMILES string of the molecule is COC(=O)c1noc2c1CCSc1cc(OC)ccc1-2. The Labute approximate surface area is 120 Å². The van der Waals surface area contributed by atoms with Crippen molar-refractivity contribution in [2.24, 2.45) is 0 Å². The molecule has 6 heteroatoms. The lowest BCUT2D eigenvalue weighted by Gasteiger charge is -2.06. The molecule has 0 N–H and O–H groups in total. The van der Waals surface area contributed by atoms with Crippen LogP contribution in [0.5, 0.6) is 5.75 Å². The first-order valence-electron chi connectivity index (χ1n) is 6.12. The molecule has 0 saturated carbocycles. The smallest absolute Gasteiger partial charge is 0.360 e. The highest BCUT2D eigenvalue weighted by Crippen LogP contribution is 2.40. The minimum absolute atomic E-state index is 0.270. The van der Waals surface area contributed by atoms with Gasteiger partial charge in [0.15, 0.2) is 11.5 Å². The summed E-state index contributed by atoms with van der Waals surface area (Å²) in [4.78, 5) is 12.8. The highest BCUT2D eigenvalue weighted by Gasteiger charge is 2.27. The molecule has 2 aromatic rings. The van der Waals surface area contributed by atoms with Gasteiger partial charge in [-0.1, -0.05) is 5.16 Å². The van der Waals surface area contributed by atoms with Crippen molar-refractivity contribution in [3.8, 4) is 17.1 Å². The third-order valence-electron chi connectivity index (χ3n) is 3.21. The van der Waals surface area contributed by atoms with Gasteiger partial charge >= 0.3 is 5.97 Å². The Kier molecular flexibility index (Phi) is 3.40. The largest absolute Gasteiger partial charge is 0.497 e. The Bertz CT molecular complexity index is 665. The fraction of sp³-hybridized carbons (Fsp3) is 0.286. The van der Waals surface area contributed by atoms with Crippen LogP contribution < -0.4 is 4.74 Å². The van der Waals surface area contributed by atoms with E-state index < -0.39 is 5.97 Å². The number of hydrogen-bond donors (Lipinski definition) is 0. The number of fused-ring (bicyclic) bond motifs is 3. The van der Waals surface area contributed by atoms with Crippen molar-refractivity contribution in [2.45, 2.75) is 11.3 Å². The van der Waals surface area contributed by atoms with Crippen LogP contribution >= 0.6 is 11.8 Å². The lowest BCUT2D eigenvalue weighted by atomic mass is 10.0. The van der Waals surface area contributed by atoms with Gasteiger partial charge in [-0.3, -0.25) is 0 Å². The molecular formula is C14H13NO4S. The van der Waals surface area contributed by atoms with Gasteiger partial charge in [0.25, 0.3) is 0 Å². The van der Waals surface area contributed by atoms with E-state index in [4.69, 9.17) is 14.0 Å². The van der Waals surface area contributed by atoms with E-state index >= 15 is 0 Å². The summed E-state index contributed by atoms with van der Waals surface area (Å²) in [5.74, 6) is 1.83. The Morgan fingerprint density at radius 1 is 1.40 bits per heavy atom. The zero-order valence-corrected chi connectivity index (χ0v) is 12.0. The van der Waals surface area contributed by atoms with Crippen molar-refractivity contribution in [3.05, 3.63) is 29.5 Å². The van der Waals surface area contributed by atoms with Crippen molar-refractivity contribution in [3.63, 3.8) is 0 Å². The first-order valence-corrected chi connectivity index (χ1v) is 7.11. The number of esters is 1. The number of ether oxygens (including phenoxy) is 2. The van der Waals surface area contributed by atoms with Crippen LogP contribution in [-0.4, -0.2) is 31.1 Å². The number of benzene rings is 1. The maximum atomic E-state index is 11.7. The van der Waals surface area contributed by atoms with E-state index in [-0.39, 0.29) is 5.69 Å². The molecule has 3 rings (SSSR count). The zero-order chi connectivity index (χ0) is 14.1. The molecule has 1 aromatic heterocycles. The molecule has 0 fully saturated rings. The van der Waals surface area contributed by atoms with Crippen LogP contribution in [0.25, 0.3) is 11.3 Å². The number of aromatic nitrogens is 1. The molecule has 0 radical (unpaired) electrons.